The van der Waals surface area contributed by atoms with E-state index in [4.69, 9.17) is 16.3 Å². The summed E-state index contributed by atoms with van der Waals surface area (Å²) in [5, 5.41) is 16.4. The third-order valence-electron chi connectivity index (χ3n) is 4.13. The number of rotatable bonds is 7. The van der Waals surface area contributed by atoms with E-state index in [0.717, 1.165) is 23.5 Å². The monoisotopic (exact) mass is 459 g/mol. The minimum atomic E-state index is -4.47. The van der Waals surface area contributed by atoms with E-state index in [9.17, 15) is 23.1 Å². The van der Waals surface area contributed by atoms with Gasteiger partial charge < -0.3 is 15.2 Å². The van der Waals surface area contributed by atoms with Gasteiger partial charge in [0.2, 0.25) is 0 Å². The number of phenols is 1. The summed E-state index contributed by atoms with van der Waals surface area (Å²) >= 11 is 6.97. The van der Waals surface area contributed by atoms with E-state index >= 15 is 0 Å². The third-order valence-corrected chi connectivity index (χ3v) is 5.28. The first-order valence-electron chi connectivity index (χ1n) is 8.69. The zero-order chi connectivity index (χ0) is 21.9. The van der Waals surface area contributed by atoms with Crippen molar-refractivity contribution in [3.05, 3.63) is 52.0 Å². The van der Waals surface area contributed by atoms with Gasteiger partial charge in [-0.15, -0.1) is 0 Å². The molecule has 0 saturated heterocycles. The van der Waals surface area contributed by atoms with E-state index in [2.05, 4.69) is 15.6 Å². The molecule has 0 spiro atoms. The maximum absolute atomic E-state index is 12.9. The molecule has 11 heteroatoms. The van der Waals surface area contributed by atoms with Gasteiger partial charge in [-0.25, -0.2) is 4.98 Å². The number of halogens is 4. The number of anilines is 1. The van der Waals surface area contributed by atoms with Gasteiger partial charge in [0, 0.05) is 30.8 Å². The van der Waals surface area contributed by atoms with Crippen molar-refractivity contribution in [3.8, 4) is 5.75 Å². The molecule has 0 bridgehead atoms. The fraction of sp³-hybridized carbons (Fsp3) is 0.263. The van der Waals surface area contributed by atoms with Gasteiger partial charge in [-0.1, -0.05) is 22.9 Å². The number of phenolic OH excluding ortho intramolecular Hbond substituents is 1. The largest absolute Gasteiger partial charge is 0.507 e. The lowest BCUT2D eigenvalue weighted by molar-refractivity contribution is -0.137. The Labute approximate surface area is 178 Å². The first-order chi connectivity index (χ1) is 14.2. The zero-order valence-corrected chi connectivity index (χ0v) is 17.2. The summed E-state index contributed by atoms with van der Waals surface area (Å²) < 4.78 is 43.8. The standard InChI is InChI=1S/C19H17ClF3N3O3S/c1-29-5-4-24-9-10-6-12(20)8-13(16(10)27)17(28)26-18-25-14-3-2-11(19(21,22)23)7-15(14)30-18/h2-3,6-8,24,27H,4-5,9H2,1H3,(H,25,26,28). The van der Waals surface area contributed by atoms with Gasteiger partial charge in [0.1, 0.15) is 5.75 Å². The predicted molar refractivity (Wildman–Crippen MR) is 109 cm³/mol. The highest BCUT2D eigenvalue weighted by Gasteiger charge is 2.30. The summed E-state index contributed by atoms with van der Waals surface area (Å²) in [6, 6.07) is 5.98. The van der Waals surface area contributed by atoms with E-state index in [1.807, 2.05) is 0 Å². The number of carbonyl (C=O) groups is 1. The Hall–Kier alpha value is -2.40. The first-order valence-corrected chi connectivity index (χ1v) is 9.88. The first kappa shape index (κ1) is 22.3. The van der Waals surface area contributed by atoms with E-state index in [1.165, 1.54) is 18.2 Å². The molecule has 0 aliphatic carbocycles. The number of methoxy groups -OCH3 is 1. The van der Waals surface area contributed by atoms with Crippen LogP contribution in [0.3, 0.4) is 0 Å². The number of amides is 1. The predicted octanol–water partition coefficient (Wildman–Crippen LogP) is 4.66. The third kappa shape index (κ3) is 5.20. The second-order valence-electron chi connectivity index (χ2n) is 6.28. The molecule has 0 aliphatic heterocycles. The van der Waals surface area contributed by atoms with Gasteiger partial charge in [0.15, 0.2) is 5.13 Å². The van der Waals surface area contributed by atoms with Gasteiger partial charge in [0.25, 0.3) is 5.91 Å². The number of aromatic nitrogens is 1. The molecule has 30 heavy (non-hydrogen) atoms. The number of ether oxygens (including phenoxy) is 1. The normalized spacial score (nSPS) is 11.8. The number of aromatic hydroxyl groups is 1. The Morgan fingerprint density at radius 3 is 2.77 bits per heavy atom. The molecule has 3 aromatic rings. The van der Waals surface area contributed by atoms with Crippen molar-refractivity contribution in [2.45, 2.75) is 12.7 Å². The molecule has 6 nitrogen and oxygen atoms in total. The molecule has 3 N–H and O–H groups in total. The van der Waals surface area contributed by atoms with Gasteiger partial charge in [-0.2, -0.15) is 13.2 Å². The van der Waals surface area contributed by atoms with Gasteiger partial charge in [0.05, 0.1) is 28.0 Å². The average Bonchev–Trinajstić information content (AvgIpc) is 3.08. The van der Waals surface area contributed by atoms with Crippen LogP contribution in [0.15, 0.2) is 30.3 Å². The van der Waals surface area contributed by atoms with Crippen LogP contribution in [0.2, 0.25) is 5.02 Å². The SMILES string of the molecule is COCCNCc1cc(Cl)cc(C(=O)Nc2nc3ccc(C(F)(F)F)cc3s2)c1O. The Bertz CT molecular complexity index is 1070. The van der Waals surface area contributed by atoms with Crippen molar-refractivity contribution in [1.82, 2.24) is 10.3 Å². The van der Waals surface area contributed by atoms with Crippen LogP contribution in [-0.2, 0) is 17.5 Å². The summed E-state index contributed by atoms with van der Waals surface area (Å²) in [7, 11) is 1.56. The highest BCUT2D eigenvalue weighted by molar-refractivity contribution is 7.22. The van der Waals surface area contributed by atoms with Crippen LogP contribution < -0.4 is 10.6 Å². The molecule has 0 saturated carbocycles. The van der Waals surface area contributed by atoms with Gasteiger partial charge in [-0.05, 0) is 30.3 Å². The number of carbonyl (C=O) groups excluding carboxylic acids is 1. The van der Waals surface area contributed by atoms with Crippen molar-refractivity contribution in [2.24, 2.45) is 0 Å². The van der Waals surface area contributed by atoms with Crippen LogP contribution in [0.5, 0.6) is 5.75 Å². The maximum atomic E-state index is 12.9. The lowest BCUT2D eigenvalue weighted by Crippen LogP contribution is -2.19. The van der Waals surface area contributed by atoms with Crippen LogP contribution in [0.4, 0.5) is 18.3 Å². The number of fused-ring (bicyclic) bond motifs is 1. The molecule has 0 atom stereocenters. The number of nitrogens with one attached hydrogen (secondary N) is 2. The summed E-state index contributed by atoms with van der Waals surface area (Å²) in [5.41, 5.74) is -0.125. The Balaban J connectivity index is 1.81. The number of thiazole rings is 1. The molecule has 1 aromatic heterocycles. The van der Waals surface area contributed by atoms with Crippen LogP contribution in [0.25, 0.3) is 10.2 Å². The van der Waals surface area contributed by atoms with Crippen molar-refractivity contribution >= 4 is 44.2 Å². The topological polar surface area (TPSA) is 83.5 Å². The van der Waals surface area contributed by atoms with E-state index < -0.39 is 17.6 Å². The fourth-order valence-corrected chi connectivity index (χ4v) is 3.82. The molecule has 0 fully saturated rings. The molecule has 0 radical (unpaired) electrons. The molecule has 160 valence electrons. The summed E-state index contributed by atoms with van der Waals surface area (Å²) in [6.45, 7) is 1.27. The number of hydrogen-bond acceptors (Lipinski definition) is 6. The highest BCUT2D eigenvalue weighted by atomic mass is 35.5. The summed E-state index contributed by atoms with van der Waals surface area (Å²) in [5.74, 6) is -0.925. The Morgan fingerprint density at radius 2 is 2.07 bits per heavy atom. The Morgan fingerprint density at radius 1 is 1.30 bits per heavy atom. The van der Waals surface area contributed by atoms with Crippen molar-refractivity contribution in [2.75, 3.05) is 25.6 Å². The van der Waals surface area contributed by atoms with Crippen molar-refractivity contribution < 1.29 is 27.8 Å². The summed E-state index contributed by atoms with van der Waals surface area (Å²) in [4.78, 5) is 16.8. The second-order valence-corrected chi connectivity index (χ2v) is 7.75. The van der Waals surface area contributed by atoms with Crippen molar-refractivity contribution in [3.63, 3.8) is 0 Å². The average molecular weight is 460 g/mol. The quantitative estimate of drug-likeness (QED) is 0.447. The molecule has 0 unspecified atom stereocenters. The van der Waals surface area contributed by atoms with Crippen LogP contribution in [0.1, 0.15) is 21.5 Å². The van der Waals surface area contributed by atoms with Gasteiger partial charge in [-0.3, -0.25) is 10.1 Å². The zero-order valence-electron chi connectivity index (χ0n) is 15.6. The molecule has 3 rings (SSSR count). The second kappa shape index (κ2) is 9.17. The molecule has 0 aliphatic rings. The van der Waals surface area contributed by atoms with E-state index in [-0.39, 0.29) is 32.7 Å². The smallest absolute Gasteiger partial charge is 0.416 e. The molecule has 1 heterocycles. The van der Waals surface area contributed by atoms with E-state index in [0.29, 0.717) is 24.2 Å². The lowest BCUT2D eigenvalue weighted by Gasteiger charge is -2.11. The minimum Gasteiger partial charge on any atom is -0.507 e. The van der Waals surface area contributed by atoms with Crippen LogP contribution >= 0.6 is 22.9 Å². The fourth-order valence-electron chi connectivity index (χ4n) is 2.68. The van der Waals surface area contributed by atoms with Crippen LogP contribution in [0, 0.1) is 0 Å². The molecular weight excluding hydrogens is 443 g/mol. The number of hydrogen-bond donors (Lipinski definition) is 3. The molecule has 2 aromatic carbocycles. The highest BCUT2D eigenvalue weighted by Crippen LogP contribution is 2.35. The number of benzene rings is 2. The number of nitrogens with zero attached hydrogens (tertiary/aromatic N) is 1. The van der Waals surface area contributed by atoms with Crippen LogP contribution in [-0.4, -0.2) is 36.3 Å². The summed E-state index contributed by atoms with van der Waals surface area (Å²) in [6.07, 6.45) is -4.47. The maximum Gasteiger partial charge on any atom is 0.416 e. The lowest BCUT2D eigenvalue weighted by atomic mass is 10.1. The van der Waals surface area contributed by atoms with Crippen molar-refractivity contribution in [1.29, 1.82) is 0 Å². The minimum absolute atomic E-state index is 0.0683. The molecule has 1 amide bonds. The molecular formula is C19H17ClF3N3O3S. The Kier molecular flexibility index (Phi) is 6.81. The van der Waals surface area contributed by atoms with Gasteiger partial charge >= 0.3 is 6.18 Å². The number of alkyl halides is 3. The van der Waals surface area contributed by atoms with E-state index in [1.54, 1.807) is 7.11 Å².